The van der Waals surface area contributed by atoms with Gasteiger partial charge in [-0.2, -0.15) is 5.10 Å². The highest BCUT2D eigenvalue weighted by molar-refractivity contribution is 7.92. The second kappa shape index (κ2) is 6.11. The summed E-state index contributed by atoms with van der Waals surface area (Å²) in [4.78, 5) is 0.0892. The number of hydrogen-bond donors (Lipinski definition) is 3. The van der Waals surface area contributed by atoms with Crippen LogP contribution in [0.5, 0.6) is 0 Å². The van der Waals surface area contributed by atoms with Crippen LogP contribution in [-0.4, -0.2) is 27.4 Å². The van der Waals surface area contributed by atoms with Crippen molar-refractivity contribution in [1.29, 1.82) is 0 Å². The first-order chi connectivity index (χ1) is 11.0. The SMILES string of the molecule is O=S(O)Cc1ccccc1NS(=O)(=O)c1ccc2[nH]ncc2c1. The lowest BCUT2D eigenvalue weighted by molar-refractivity contribution is 0.563. The lowest BCUT2D eigenvalue weighted by Gasteiger charge is -2.11. The number of fused-ring (bicyclic) bond motifs is 1. The third-order valence-corrected chi connectivity index (χ3v) is 5.18. The standard InChI is InChI=1S/C14H13N3O4S2/c18-22(19)9-10-3-1-2-4-14(10)17-23(20,21)12-5-6-13-11(7-12)8-15-16-13/h1-8,17H,9H2,(H,15,16)(H,18,19). The minimum absolute atomic E-state index is 0.0892. The van der Waals surface area contributed by atoms with Crippen molar-refractivity contribution in [2.75, 3.05) is 4.72 Å². The number of benzene rings is 2. The number of anilines is 1. The van der Waals surface area contributed by atoms with Gasteiger partial charge in [0.15, 0.2) is 11.1 Å². The van der Waals surface area contributed by atoms with Crippen LogP contribution < -0.4 is 4.72 Å². The number of sulfonamides is 1. The molecule has 0 fully saturated rings. The van der Waals surface area contributed by atoms with Gasteiger partial charge in [0.1, 0.15) is 0 Å². The molecule has 3 aromatic rings. The zero-order chi connectivity index (χ0) is 16.4. The minimum Gasteiger partial charge on any atom is -0.306 e. The van der Waals surface area contributed by atoms with Crippen molar-refractivity contribution in [3.05, 3.63) is 54.2 Å². The zero-order valence-electron chi connectivity index (χ0n) is 11.8. The summed E-state index contributed by atoms with van der Waals surface area (Å²) in [5.74, 6) is -0.153. The average Bonchev–Trinajstić information content (AvgIpc) is 2.96. The van der Waals surface area contributed by atoms with Gasteiger partial charge >= 0.3 is 0 Å². The van der Waals surface area contributed by atoms with E-state index in [4.69, 9.17) is 4.55 Å². The lowest BCUT2D eigenvalue weighted by atomic mass is 10.2. The summed E-state index contributed by atoms with van der Waals surface area (Å²) in [7, 11) is -3.81. The Morgan fingerprint density at radius 3 is 2.78 bits per heavy atom. The Labute approximate surface area is 135 Å². The van der Waals surface area contributed by atoms with Crippen molar-refractivity contribution in [2.24, 2.45) is 0 Å². The van der Waals surface area contributed by atoms with Crippen LogP contribution in [0, 0.1) is 0 Å². The number of aromatic amines is 1. The molecule has 1 atom stereocenters. The van der Waals surface area contributed by atoms with Gasteiger partial charge in [-0.1, -0.05) is 18.2 Å². The Kier molecular flexibility index (Phi) is 4.16. The lowest BCUT2D eigenvalue weighted by Crippen LogP contribution is -2.14. The summed E-state index contributed by atoms with van der Waals surface area (Å²) in [6.45, 7) is 0. The van der Waals surface area contributed by atoms with E-state index in [1.165, 1.54) is 18.3 Å². The van der Waals surface area contributed by atoms with E-state index < -0.39 is 21.1 Å². The minimum atomic E-state index is -3.81. The fourth-order valence-electron chi connectivity index (χ4n) is 2.17. The predicted molar refractivity (Wildman–Crippen MR) is 87.8 cm³/mol. The van der Waals surface area contributed by atoms with E-state index in [0.29, 0.717) is 10.9 Å². The normalized spacial score (nSPS) is 13.1. The van der Waals surface area contributed by atoms with Crippen molar-refractivity contribution in [1.82, 2.24) is 10.2 Å². The molecule has 1 unspecified atom stereocenters. The van der Waals surface area contributed by atoms with Crippen LogP contribution in [0.15, 0.2) is 53.6 Å². The van der Waals surface area contributed by atoms with Crippen LogP contribution in [0.3, 0.4) is 0 Å². The monoisotopic (exact) mass is 351 g/mol. The molecule has 0 aliphatic rings. The molecule has 2 aromatic carbocycles. The Morgan fingerprint density at radius 1 is 1.22 bits per heavy atom. The molecule has 0 saturated carbocycles. The molecule has 0 spiro atoms. The highest BCUT2D eigenvalue weighted by atomic mass is 32.2. The fourth-order valence-corrected chi connectivity index (χ4v) is 3.82. The van der Waals surface area contributed by atoms with Crippen LogP contribution in [-0.2, 0) is 26.9 Å². The quantitative estimate of drug-likeness (QED) is 0.609. The molecule has 0 radical (unpaired) electrons. The molecule has 1 aromatic heterocycles. The molecule has 0 amide bonds. The summed E-state index contributed by atoms with van der Waals surface area (Å²) in [6, 6.07) is 11.1. The third kappa shape index (κ3) is 3.41. The maximum Gasteiger partial charge on any atom is 0.261 e. The molecule has 3 rings (SSSR count). The molecule has 0 aliphatic carbocycles. The van der Waals surface area contributed by atoms with Crippen LogP contribution in [0.4, 0.5) is 5.69 Å². The molecular formula is C14H13N3O4S2. The van der Waals surface area contributed by atoms with Crippen molar-refractivity contribution < 1.29 is 17.2 Å². The van der Waals surface area contributed by atoms with Gasteiger partial charge in [0, 0.05) is 5.39 Å². The van der Waals surface area contributed by atoms with Crippen molar-refractivity contribution in [3.8, 4) is 0 Å². The molecule has 0 bridgehead atoms. The van der Waals surface area contributed by atoms with Gasteiger partial charge in [-0.3, -0.25) is 9.82 Å². The number of aromatic nitrogens is 2. The molecule has 23 heavy (non-hydrogen) atoms. The van der Waals surface area contributed by atoms with E-state index in [1.807, 2.05) is 0 Å². The second-order valence-electron chi connectivity index (χ2n) is 4.85. The Morgan fingerprint density at radius 2 is 2.00 bits per heavy atom. The third-order valence-electron chi connectivity index (χ3n) is 3.26. The van der Waals surface area contributed by atoms with E-state index in [9.17, 15) is 12.6 Å². The van der Waals surface area contributed by atoms with Crippen molar-refractivity contribution in [2.45, 2.75) is 10.6 Å². The topological polar surface area (TPSA) is 112 Å². The van der Waals surface area contributed by atoms with Gasteiger partial charge < -0.3 is 4.55 Å². The van der Waals surface area contributed by atoms with Gasteiger partial charge in [0.05, 0.1) is 28.0 Å². The molecule has 3 N–H and O–H groups in total. The summed E-state index contributed by atoms with van der Waals surface area (Å²) in [5, 5.41) is 7.28. The van der Waals surface area contributed by atoms with Gasteiger partial charge in [0.25, 0.3) is 10.0 Å². The molecule has 0 saturated heterocycles. The Bertz CT molecular complexity index is 982. The van der Waals surface area contributed by atoms with E-state index in [1.54, 1.807) is 30.3 Å². The van der Waals surface area contributed by atoms with Crippen molar-refractivity contribution in [3.63, 3.8) is 0 Å². The van der Waals surface area contributed by atoms with Crippen LogP contribution in [0.25, 0.3) is 10.9 Å². The van der Waals surface area contributed by atoms with Crippen LogP contribution in [0.2, 0.25) is 0 Å². The molecule has 7 nitrogen and oxygen atoms in total. The van der Waals surface area contributed by atoms with Gasteiger partial charge in [-0.25, -0.2) is 12.6 Å². The number of H-pyrrole nitrogens is 1. The largest absolute Gasteiger partial charge is 0.306 e. The molecule has 0 aliphatic heterocycles. The summed E-state index contributed by atoms with van der Waals surface area (Å²) in [5.41, 5.74) is 1.46. The van der Waals surface area contributed by atoms with E-state index in [-0.39, 0.29) is 16.3 Å². The van der Waals surface area contributed by atoms with E-state index >= 15 is 0 Å². The number of nitrogens with zero attached hydrogens (tertiary/aromatic N) is 1. The second-order valence-corrected chi connectivity index (χ2v) is 7.46. The molecule has 120 valence electrons. The summed E-state index contributed by atoms with van der Waals surface area (Å²) < 4.78 is 47.5. The molecule has 1 heterocycles. The molecule has 9 heteroatoms. The highest BCUT2D eigenvalue weighted by Crippen LogP contribution is 2.23. The number of nitrogens with one attached hydrogen (secondary N) is 2. The number of hydrogen-bond acceptors (Lipinski definition) is 4. The van der Waals surface area contributed by atoms with Gasteiger partial charge in [0.2, 0.25) is 0 Å². The highest BCUT2D eigenvalue weighted by Gasteiger charge is 2.17. The van der Waals surface area contributed by atoms with Gasteiger partial charge in [-0.15, -0.1) is 0 Å². The average molecular weight is 351 g/mol. The first-order valence-corrected chi connectivity index (χ1v) is 9.33. The van der Waals surface area contributed by atoms with Crippen molar-refractivity contribution >= 4 is 37.7 Å². The number of rotatable bonds is 5. The van der Waals surface area contributed by atoms with Crippen LogP contribution in [0.1, 0.15) is 5.56 Å². The molecular weight excluding hydrogens is 338 g/mol. The summed E-state index contributed by atoms with van der Waals surface area (Å²) in [6.07, 6.45) is 1.54. The maximum absolute atomic E-state index is 12.5. The Balaban J connectivity index is 1.96. The number of para-hydroxylation sites is 1. The maximum atomic E-state index is 12.5. The smallest absolute Gasteiger partial charge is 0.261 e. The summed E-state index contributed by atoms with van der Waals surface area (Å²) >= 11 is -2.06. The predicted octanol–water partition coefficient (Wildman–Crippen LogP) is 2.09. The van der Waals surface area contributed by atoms with E-state index in [2.05, 4.69) is 14.9 Å². The first-order valence-electron chi connectivity index (χ1n) is 6.57. The van der Waals surface area contributed by atoms with Crippen LogP contribution >= 0.6 is 0 Å². The Hall–Kier alpha value is -2.23. The fraction of sp³-hybridized carbons (Fsp3) is 0.0714. The van der Waals surface area contributed by atoms with Gasteiger partial charge in [-0.05, 0) is 29.8 Å². The van der Waals surface area contributed by atoms with E-state index in [0.717, 1.165) is 5.52 Å². The first kappa shape index (κ1) is 15.7. The zero-order valence-corrected chi connectivity index (χ0v) is 13.4.